The summed E-state index contributed by atoms with van der Waals surface area (Å²) in [5.74, 6) is 1.31. The lowest BCUT2D eigenvalue weighted by atomic mass is 10.1. The van der Waals surface area contributed by atoms with Crippen molar-refractivity contribution in [3.05, 3.63) is 83.2 Å². The summed E-state index contributed by atoms with van der Waals surface area (Å²) in [4.78, 5) is 12.9. The fourth-order valence-electron chi connectivity index (χ4n) is 3.72. The van der Waals surface area contributed by atoms with Gasteiger partial charge < -0.3 is 13.7 Å². The normalized spacial score (nSPS) is 11.0. The molecule has 0 bridgehead atoms. The van der Waals surface area contributed by atoms with Crippen LogP contribution in [-0.4, -0.2) is 33.4 Å². The van der Waals surface area contributed by atoms with E-state index in [4.69, 9.17) is 9.15 Å². The fraction of sp³-hybridized carbons (Fsp3) is 0.240. The third-order valence-electron chi connectivity index (χ3n) is 5.41. The second-order valence-corrected chi connectivity index (χ2v) is 8.38. The Kier molecular flexibility index (Phi) is 6.75. The molecular weight excluding hydrogens is 422 g/mol. The monoisotopic (exact) mass is 447 g/mol. The quantitative estimate of drug-likeness (QED) is 0.253. The van der Waals surface area contributed by atoms with Crippen molar-refractivity contribution in [1.29, 1.82) is 0 Å². The Morgan fingerprint density at radius 1 is 1.06 bits per heavy atom. The number of carbonyl (C=O) groups excluding carboxylic acids is 1. The van der Waals surface area contributed by atoms with Crippen molar-refractivity contribution in [3.8, 4) is 17.2 Å². The number of nitrogens with zero attached hydrogens (tertiary/aromatic N) is 3. The molecule has 0 aliphatic rings. The Balaban J connectivity index is 1.41. The van der Waals surface area contributed by atoms with Crippen LogP contribution in [0.4, 0.5) is 0 Å². The van der Waals surface area contributed by atoms with Crippen LogP contribution in [0.1, 0.15) is 27.3 Å². The van der Waals surface area contributed by atoms with E-state index in [0.717, 1.165) is 35.5 Å². The standard InChI is InChI=1S/C25H25N3O3S/c1-17-15-21(18(2)28(17)14-13-19-9-5-4-6-10-19)22(29)16-32-25-27-26-24(31-25)20-11-7-8-12-23(20)30-3/h4-12,15H,13-14,16H2,1-3H3. The van der Waals surface area contributed by atoms with Crippen LogP contribution in [-0.2, 0) is 13.0 Å². The van der Waals surface area contributed by atoms with Gasteiger partial charge in [-0.1, -0.05) is 54.2 Å². The van der Waals surface area contributed by atoms with Crippen molar-refractivity contribution in [2.24, 2.45) is 0 Å². The molecule has 0 fully saturated rings. The number of benzene rings is 2. The molecule has 0 amide bonds. The summed E-state index contributed by atoms with van der Waals surface area (Å²) < 4.78 is 13.3. The second-order valence-electron chi connectivity index (χ2n) is 7.46. The van der Waals surface area contributed by atoms with Crippen LogP contribution in [0.5, 0.6) is 5.75 Å². The molecule has 0 unspecified atom stereocenters. The molecule has 0 atom stereocenters. The summed E-state index contributed by atoms with van der Waals surface area (Å²) in [6, 6.07) is 19.8. The molecule has 4 aromatic rings. The molecule has 0 N–H and O–H groups in total. The van der Waals surface area contributed by atoms with Crippen molar-refractivity contribution in [2.75, 3.05) is 12.9 Å². The summed E-state index contributed by atoms with van der Waals surface area (Å²) in [7, 11) is 1.60. The molecule has 0 saturated heterocycles. The minimum Gasteiger partial charge on any atom is -0.496 e. The average Bonchev–Trinajstić information content (AvgIpc) is 3.41. The smallest absolute Gasteiger partial charge is 0.277 e. The van der Waals surface area contributed by atoms with Crippen LogP contribution in [0, 0.1) is 13.8 Å². The molecule has 2 aromatic heterocycles. The van der Waals surface area contributed by atoms with Crippen molar-refractivity contribution in [1.82, 2.24) is 14.8 Å². The van der Waals surface area contributed by atoms with Gasteiger partial charge in [0.15, 0.2) is 5.78 Å². The Bertz CT molecular complexity index is 1210. The Morgan fingerprint density at radius 2 is 1.81 bits per heavy atom. The first-order valence-corrected chi connectivity index (χ1v) is 11.4. The highest BCUT2D eigenvalue weighted by molar-refractivity contribution is 7.99. The molecule has 0 saturated carbocycles. The highest BCUT2D eigenvalue weighted by Crippen LogP contribution is 2.30. The number of hydrogen-bond acceptors (Lipinski definition) is 6. The van der Waals surface area contributed by atoms with Crippen molar-refractivity contribution < 1.29 is 13.9 Å². The maximum absolute atomic E-state index is 12.9. The summed E-state index contributed by atoms with van der Waals surface area (Å²) in [6.45, 7) is 4.88. The highest BCUT2D eigenvalue weighted by atomic mass is 32.2. The lowest BCUT2D eigenvalue weighted by molar-refractivity contribution is 0.102. The number of ketones is 1. The van der Waals surface area contributed by atoms with Crippen molar-refractivity contribution in [2.45, 2.75) is 32.0 Å². The molecule has 6 nitrogen and oxygen atoms in total. The molecule has 2 heterocycles. The number of rotatable bonds is 9. The minimum absolute atomic E-state index is 0.0473. The van der Waals surface area contributed by atoms with Gasteiger partial charge in [-0.05, 0) is 44.0 Å². The predicted octanol–water partition coefficient (Wildman–Crippen LogP) is 5.38. The minimum atomic E-state index is 0.0473. The lowest BCUT2D eigenvalue weighted by Gasteiger charge is -2.10. The van der Waals surface area contributed by atoms with E-state index in [1.54, 1.807) is 7.11 Å². The molecule has 0 spiro atoms. The average molecular weight is 448 g/mol. The zero-order valence-corrected chi connectivity index (χ0v) is 19.2. The zero-order valence-electron chi connectivity index (χ0n) is 18.4. The molecule has 2 aromatic carbocycles. The number of aryl methyl sites for hydroxylation is 2. The van der Waals surface area contributed by atoms with Gasteiger partial charge >= 0.3 is 0 Å². The molecule has 0 aliphatic heterocycles. The van der Waals surface area contributed by atoms with Gasteiger partial charge in [-0.3, -0.25) is 4.79 Å². The van der Waals surface area contributed by atoms with Crippen LogP contribution in [0.2, 0.25) is 0 Å². The van der Waals surface area contributed by atoms with Crippen LogP contribution in [0.25, 0.3) is 11.5 Å². The van der Waals surface area contributed by atoms with E-state index in [1.165, 1.54) is 17.3 Å². The molecule has 0 aliphatic carbocycles. The summed E-state index contributed by atoms with van der Waals surface area (Å²) >= 11 is 1.25. The number of aromatic nitrogens is 3. The van der Waals surface area contributed by atoms with Crippen LogP contribution >= 0.6 is 11.8 Å². The van der Waals surface area contributed by atoms with E-state index < -0.39 is 0 Å². The third kappa shape index (κ3) is 4.78. The van der Waals surface area contributed by atoms with Gasteiger partial charge in [0.05, 0.1) is 18.4 Å². The Labute approximate surface area is 191 Å². The van der Waals surface area contributed by atoms with Gasteiger partial charge in [-0.2, -0.15) is 0 Å². The number of Topliss-reactive ketones (excluding diaryl/α,β-unsaturated/α-hetero) is 1. The fourth-order valence-corrected chi connectivity index (χ4v) is 4.36. The van der Waals surface area contributed by atoms with Crippen molar-refractivity contribution >= 4 is 17.5 Å². The number of ether oxygens (including phenoxy) is 1. The van der Waals surface area contributed by atoms with E-state index in [9.17, 15) is 4.79 Å². The first kappa shape index (κ1) is 21.9. The van der Waals surface area contributed by atoms with Gasteiger partial charge in [0.1, 0.15) is 5.75 Å². The maximum Gasteiger partial charge on any atom is 0.277 e. The number of hydrogen-bond donors (Lipinski definition) is 0. The molecule has 4 rings (SSSR count). The largest absolute Gasteiger partial charge is 0.496 e. The third-order valence-corrected chi connectivity index (χ3v) is 6.23. The Morgan fingerprint density at radius 3 is 2.59 bits per heavy atom. The zero-order chi connectivity index (χ0) is 22.5. The first-order valence-electron chi connectivity index (χ1n) is 10.4. The van der Waals surface area contributed by atoms with Gasteiger partial charge in [0.2, 0.25) is 0 Å². The lowest BCUT2D eigenvalue weighted by Crippen LogP contribution is -2.08. The highest BCUT2D eigenvalue weighted by Gasteiger charge is 2.18. The topological polar surface area (TPSA) is 70.2 Å². The molecule has 32 heavy (non-hydrogen) atoms. The summed E-state index contributed by atoms with van der Waals surface area (Å²) in [5, 5.41) is 8.54. The molecule has 0 radical (unpaired) electrons. The van der Waals surface area contributed by atoms with E-state index in [2.05, 4.69) is 26.9 Å². The first-order chi connectivity index (χ1) is 15.6. The molecule has 7 heteroatoms. The molecular formula is C25H25N3O3S. The van der Waals surface area contributed by atoms with E-state index in [0.29, 0.717) is 16.9 Å². The number of para-hydroxylation sites is 1. The van der Waals surface area contributed by atoms with E-state index in [1.807, 2.05) is 62.4 Å². The van der Waals surface area contributed by atoms with E-state index in [-0.39, 0.29) is 11.5 Å². The predicted molar refractivity (Wildman–Crippen MR) is 125 cm³/mol. The number of methoxy groups -OCH3 is 1. The van der Waals surface area contributed by atoms with Crippen molar-refractivity contribution in [3.63, 3.8) is 0 Å². The number of carbonyl (C=O) groups is 1. The Hall–Kier alpha value is -3.32. The summed E-state index contributed by atoms with van der Waals surface area (Å²) in [5.41, 5.74) is 4.83. The molecule has 164 valence electrons. The van der Waals surface area contributed by atoms with Gasteiger partial charge in [0, 0.05) is 23.5 Å². The van der Waals surface area contributed by atoms with Crippen LogP contribution in [0.3, 0.4) is 0 Å². The van der Waals surface area contributed by atoms with Crippen LogP contribution in [0.15, 0.2) is 70.3 Å². The van der Waals surface area contributed by atoms with E-state index >= 15 is 0 Å². The second kappa shape index (κ2) is 9.87. The van der Waals surface area contributed by atoms with Crippen LogP contribution < -0.4 is 4.74 Å². The number of thioether (sulfide) groups is 1. The maximum atomic E-state index is 12.9. The van der Waals surface area contributed by atoms with Gasteiger partial charge in [-0.15, -0.1) is 10.2 Å². The summed E-state index contributed by atoms with van der Waals surface area (Å²) in [6.07, 6.45) is 0.924. The SMILES string of the molecule is COc1ccccc1-c1nnc(SCC(=O)c2cc(C)n(CCc3ccccc3)c2C)o1. The van der Waals surface area contributed by atoms with Gasteiger partial charge in [0.25, 0.3) is 11.1 Å². The van der Waals surface area contributed by atoms with Gasteiger partial charge in [-0.25, -0.2) is 0 Å².